The predicted octanol–water partition coefficient (Wildman–Crippen LogP) is 2.46. The van der Waals surface area contributed by atoms with E-state index in [4.69, 9.17) is 0 Å². The van der Waals surface area contributed by atoms with Crippen LogP contribution in [0.15, 0.2) is 0 Å². The monoisotopic (exact) mass is 141 g/mol. The van der Waals surface area contributed by atoms with Crippen LogP contribution in [0.3, 0.4) is 0 Å². The van der Waals surface area contributed by atoms with E-state index < -0.39 is 0 Å². The summed E-state index contributed by atoms with van der Waals surface area (Å²) in [6.07, 6.45) is 1.39. The van der Waals surface area contributed by atoms with Gasteiger partial charge in [-0.2, -0.15) is 0 Å². The molecule has 59 valence electrons. The first-order valence-electron chi connectivity index (χ1n) is 3.95. The van der Waals surface area contributed by atoms with E-state index in [-0.39, 0.29) is 5.92 Å². The molecule has 0 aliphatic heterocycles. The van der Waals surface area contributed by atoms with Crippen LogP contribution in [0.5, 0.6) is 0 Å². The molecule has 0 amide bonds. The molecular weight excluding hydrogens is 124 g/mol. The van der Waals surface area contributed by atoms with Gasteiger partial charge < -0.3 is 0 Å². The summed E-state index contributed by atoms with van der Waals surface area (Å²) in [6, 6.07) is 0. The van der Waals surface area contributed by atoms with Crippen LogP contribution in [0.1, 0.15) is 33.6 Å². The molecule has 0 heterocycles. The van der Waals surface area contributed by atoms with Crippen LogP contribution in [-0.4, -0.2) is 5.78 Å². The van der Waals surface area contributed by atoms with Gasteiger partial charge in [0.1, 0.15) is 5.78 Å². The summed E-state index contributed by atoms with van der Waals surface area (Å²) in [5.74, 6) is 1.01. The maximum atomic E-state index is 11.1. The molecule has 1 unspecified atom stereocenters. The summed E-state index contributed by atoms with van der Waals surface area (Å²) in [5.41, 5.74) is 0. The lowest BCUT2D eigenvalue weighted by atomic mass is 9.88. The van der Waals surface area contributed by atoms with Gasteiger partial charge in [0, 0.05) is 12.3 Å². The zero-order chi connectivity index (χ0) is 8.15. The predicted molar refractivity (Wildman–Crippen MR) is 43.6 cm³/mol. The van der Waals surface area contributed by atoms with Crippen molar-refractivity contribution in [3.05, 3.63) is 6.92 Å². The molecule has 1 radical (unpaired) electrons. The third-order valence-electron chi connectivity index (χ3n) is 1.90. The fraction of sp³-hybridized carbons (Fsp3) is 0.778. The zero-order valence-electron chi connectivity index (χ0n) is 7.18. The summed E-state index contributed by atoms with van der Waals surface area (Å²) in [5, 5.41) is 0. The number of rotatable bonds is 4. The standard InChI is InChI=1S/C9H17O/c1-5-8(7(3)4)9(10)6-2/h7-8H,2,5-6H2,1,3-4H3. The topological polar surface area (TPSA) is 17.1 Å². The SMILES string of the molecule is [CH2]CC(=O)C(CC)C(C)C. The van der Waals surface area contributed by atoms with Crippen molar-refractivity contribution in [2.45, 2.75) is 33.6 Å². The highest BCUT2D eigenvalue weighted by Crippen LogP contribution is 2.16. The van der Waals surface area contributed by atoms with Gasteiger partial charge in [0.05, 0.1) is 0 Å². The summed E-state index contributed by atoms with van der Waals surface area (Å²) in [6.45, 7) is 9.81. The first-order valence-corrected chi connectivity index (χ1v) is 3.95. The second kappa shape index (κ2) is 4.48. The smallest absolute Gasteiger partial charge is 0.136 e. The van der Waals surface area contributed by atoms with Crippen molar-refractivity contribution in [3.8, 4) is 0 Å². The summed E-state index contributed by atoms with van der Waals surface area (Å²) >= 11 is 0. The van der Waals surface area contributed by atoms with Crippen LogP contribution in [0.25, 0.3) is 0 Å². The fourth-order valence-electron chi connectivity index (χ4n) is 1.26. The highest BCUT2D eigenvalue weighted by Gasteiger charge is 2.17. The maximum Gasteiger partial charge on any atom is 0.136 e. The Hall–Kier alpha value is -0.330. The molecule has 0 fully saturated rings. The van der Waals surface area contributed by atoms with E-state index in [1.54, 1.807) is 0 Å². The number of carbonyl (C=O) groups is 1. The van der Waals surface area contributed by atoms with Crippen molar-refractivity contribution in [3.63, 3.8) is 0 Å². The Labute approximate surface area is 63.8 Å². The summed E-state index contributed by atoms with van der Waals surface area (Å²) in [4.78, 5) is 11.1. The average molecular weight is 141 g/mol. The van der Waals surface area contributed by atoms with Crippen LogP contribution in [-0.2, 0) is 4.79 Å². The summed E-state index contributed by atoms with van der Waals surface area (Å²) < 4.78 is 0. The van der Waals surface area contributed by atoms with Crippen molar-refractivity contribution in [1.29, 1.82) is 0 Å². The molecule has 0 saturated carbocycles. The van der Waals surface area contributed by atoms with E-state index in [1.165, 1.54) is 0 Å². The van der Waals surface area contributed by atoms with Gasteiger partial charge in [0.2, 0.25) is 0 Å². The minimum Gasteiger partial charge on any atom is -0.299 e. The minimum absolute atomic E-state index is 0.234. The molecule has 1 atom stereocenters. The highest BCUT2D eigenvalue weighted by molar-refractivity contribution is 5.81. The van der Waals surface area contributed by atoms with Crippen LogP contribution in [0, 0.1) is 18.8 Å². The molecule has 1 heteroatoms. The van der Waals surface area contributed by atoms with Gasteiger partial charge in [-0.1, -0.05) is 20.8 Å². The molecule has 0 aromatic carbocycles. The van der Waals surface area contributed by atoms with E-state index in [0.29, 0.717) is 18.1 Å². The Kier molecular flexibility index (Phi) is 4.33. The molecule has 0 saturated heterocycles. The van der Waals surface area contributed by atoms with Crippen molar-refractivity contribution >= 4 is 5.78 Å². The number of carbonyl (C=O) groups excluding carboxylic acids is 1. The average Bonchev–Trinajstić information content (AvgIpc) is 1.88. The Bertz CT molecular complexity index is 105. The van der Waals surface area contributed by atoms with Crippen LogP contribution < -0.4 is 0 Å². The lowest BCUT2D eigenvalue weighted by Gasteiger charge is -2.15. The molecule has 0 aliphatic rings. The number of hydrogen-bond donors (Lipinski definition) is 0. The second-order valence-electron chi connectivity index (χ2n) is 2.98. The molecule has 0 spiro atoms. The number of ketones is 1. The van der Waals surface area contributed by atoms with Gasteiger partial charge in [-0.15, -0.1) is 0 Å². The fourth-order valence-corrected chi connectivity index (χ4v) is 1.26. The van der Waals surface area contributed by atoms with Crippen molar-refractivity contribution < 1.29 is 4.79 Å². The Balaban J connectivity index is 3.93. The number of hydrogen-bond acceptors (Lipinski definition) is 1. The van der Waals surface area contributed by atoms with Crippen LogP contribution >= 0.6 is 0 Å². The molecule has 0 bridgehead atoms. The molecule has 0 aromatic rings. The largest absolute Gasteiger partial charge is 0.299 e. The van der Waals surface area contributed by atoms with Gasteiger partial charge in [0.25, 0.3) is 0 Å². The van der Waals surface area contributed by atoms with Crippen molar-refractivity contribution in [2.24, 2.45) is 11.8 Å². The van der Waals surface area contributed by atoms with Crippen molar-refractivity contribution in [1.82, 2.24) is 0 Å². The van der Waals surface area contributed by atoms with Crippen molar-refractivity contribution in [2.75, 3.05) is 0 Å². The zero-order valence-corrected chi connectivity index (χ0v) is 7.18. The third kappa shape index (κ3) is 2.51. The van der Waals surface area contributed by atoms with Gasteiger partial charge in [-0.3, -0.25) is 4.79 Å². The quantitative estimate of drug-likeness (QED) is 0.587. The third-order valence-corrected chi connectivity index (χ3v) is 1.90. The molecular formula is C9H17O. The van der Waals surface area contributed by atoms with E-state index >= 15 is 0 Å². The van der Waals surface area contributed by atoms with Gasteiger partial charge in [-0.25, -0.2) is 0 Å². The first kappa shape index (κ1) is 9.67. The molecule has 0 aliphatic carbocycles. The lowest BCUT2D eigenvalue weighted by molar-refractivity contribution is -0.123. The maximum absolute atomic E-state index is 11.1. The summed E-state index contributed by atoms with van der Waals surface area (Å²) in [7, 11) is 0. The van der Waals surface area contributed by atoms with E-state index in [9.17, 15) is 4.79 Å². The first-order chi connectivity index (χ1) is 4.63. The van der Waals surface area contributed by atoms with Gasteiger partial charge in [0.15, 0.2) is 0 Å². The van der Waals surface area contributed by atoms with E-state index in [1.807, 2.05) is 0 Å². The van der Waals surface area contributed by atoms with E-state index in [2.05, 4.69) is 27.7 Å². The number of Topliss-reactive ketones (excluding diaryl/α,β-unsaturated/α-hetero) is 1. The van der Waals surface area contributed by atoms with E-state index in [0.717, 1.165) is 6.42 Å². The Morgan fingerprint density at radius 1 is 1.50 bits per heavy atom. The highest BCUT2D eigenvalue weighted by atomic mass is 16.1. The van der Waals surface area contributed by atoms with Gasteiger partial charge in [-0.05, 0) is 19.3 Å². The molecule has 0 N–H and O–H groups in total. The Morgan fingerprint density at radius 3 is 2.10 bits per heavy atom. The molecule has 0 rings (SSSR count). The second-order valence-corrected chi connectivity index (χ2v) is 2.98. The van der Waals surface area contributed by atoms with Gasteiger partial charge >= 0.3 is 0 Å². The van der Waals surface area contributed by atoms with Crippen LogP contribution in [0.4, 0.5) is 0 Å². The van der Waals surface area contributed by atoms with Crippen LogP contribution in [0.2, 0.25) is 0 Å². The Morgan fingerprint density at radius 2 is 2.00 bits per heavy atom. The minimum atomic E-state index is 0.234. The molecule has 1 nitrogen and oxygen atoms in total. The normalized spacial score (nSPS) is 13.7. The molecule has 10 heavy (non-hydrogen) atoms. The molecule has 0 aromatic heterocycles. The lowest BCUT2D eigenvalue weighted by Crippen LogP contribution is -2.18.